The van der Waals surface area contributed by atoms with Crippen molar-refractivity contribution in [3.63, 3.8) is 0 Å². The van der Waals surface area contributed by atoms with Crippen LogP contribution in [0, 0.1) is 0 Å². The molecule has 0 spiro atoms. The number of carbonyl (C=O) groups is 1. The molecule has 1 heterocycles. The summed E-state index contributed by atoms with van der Waals surface area (Å²) in [4.78, 5) is 11.2. The first-order valence-electron chi connectivity index (χ1n) is 4.90. The Morgan fingerprint density at radius 3 is 2.92 bits per heavy atom. The van der Waals surface area contributed by atoms with E-state index in [2.05, 4.69) is 10.6 Å². The van der Waals surface area contributed by atoms with Gasteiger partial charge in [0.25, 0.3) is 0 Å². The molecule has 1 rings (SSSR count). The smallest absolute Gasteiger partial charge is 0.315 e. The maximum absolute atomic E-state index is 11.2. The molecule has 1 aliphatic rings. The minimum absolute atomic E-state index is 0.0794. The standard InChI is InChI=1S/C9H18N2O2/c1-3-5-10-9(12)11-8-4-6-13-7(8)2/h7-8H,3-6H2,1-2H3,(H2,10,11,12). The normalized spacial score (nSPS) is 27.2. The van der Waals surface area contributed by atoms with Crippen LogP contribution in [0.25, 0.3) is 0 Å². The SMILES string of the molecule is CCCNC(=O)NC1CCOC1C. The molecule has 0 radical (unpaired) electrons. The van der Waals surface area contributed by atoms with E-state index in [1.54, 1.807) is 0 Å². The van der Waals surface area contributed by atoms with Gasteiger partial charge in [0.1, 0.15) is 0 Å². The van der Waals surface area contributed by atoms with Crippen molar-refractivity contribution in [1.29, 1.82) is 0 Å². The van der Waals surface area contributed by atoms with Crippen molar-refractivity contribution in [1.82, 2.24) is 10.6 Å². The van der Waals surface area contributed by atoms with Crippen LogP contribution in [0.4, 0.5) is 4.79 Å². The van der Waals surface area contributed by atoms with Crippen LogP contribution in [-0.4, -0.2) is 31.3 Å². The molecule has 2 N–H and O–H groups in total. The lowest BCUT2D eigenvalue weighted by Gasteiger charge is -2.16. The van der Waals surface area contributed by atoms with Crippen molar-refractivity contribution in [2.24, 2.45) is 0 Å². The zero-order chi connectivity index (χ0) is 9.68. The predicted molar refractivity (Wildman–Crippen MR) is 50.6 cm³/mol. The fourth-order valence-corrected chi connectivity index (χ4v) is 1.38. The van der Waals surface area contributed by atoms with E-state index in [-0.39, 0.29) is 18.2 Å². The Hall–Kier alpha value is -0.770. The molecule has 0 saturated carbocycles. The van der Waals surface area contributed by atoms with E-state index >= 15 is 0 Å². The highest BCUT2D eigenvalue weighted by Gasteiger charge is 2.25. The lowest BCUT2D eigenvalue weighted by Crippen LogP contribution is -2.45. The first-order valence-corrected chi connectivity index (χ1v) is 4.90. The number of hydrogen-bond donors (Lipinski definition) is 2. The second kappa shape index (κ2) is 5.07. The van der Waals surface area contributed by atoms with Crippen molar-refractivity contribution in [2.45, 2.75) is 38.8 Å². The number of ether oxygens (including phenoxy) is 1. The summed E-state index contributed by atoms with van der Waals surface area (Å²) >= 11 is 0. The number of nitrogens with one attached hydrogen (secondary N) is 2. The Balaban J connectivity index is 2.19. The van der Waals surface area contributed by atoms with Crippen LogP contribution in [0.15, 0.2) is 0 Å². The molecule has 0 aromatic heterocycles. The van der Waals surface area contributed by atoms with E-state index in [0.29, 0.717) is 0 Å². The molecule has 0 aromatic carbocycles. The number of hydrogen-bond acceptors (Lipinski definition) is 2. The number of carbonyl (C=O) groups excluding carboxylic acids is 1. The molecule has 2 amide bonds. The lowest BCUT2D eigenvalue weighted by molar-refractivity contribution is 0.114. The minimum Gasteiger partial charge on any atom is -0.376 e. The average molecular weight is 186 g/mol. The number of amides is 2. The monoisotopic (exact) mass is 186 g/mol. The molecule has 2 unspecified atom stereocenters. The molecule has 4 nitrogen and oxygen atoms in total. The second-order valence-electron chi connectivity index (χ2n) is 3.37. The Morgan fingerprint density at radius 2 is 2.38 bits per heavy atom. The molecule has 1 aliphatic heterocycles. The van der Waals surface area contributed by atoms with Crippen LogP contribution in [-0.2, 0) is 4.74 Å². The van der Waals surface area contributed by atoms with Gasteiger partial charge in [-0.05, 0) is 19.8 Å². The molecular weight excluding hydrogens is 168 g/mol. The zero-order valence-corrected chi connectivity index (χ0v) is 8.30. The largest absolute Gasteiger partial charge is 0.376 e. The molecule has 76 valence electrons. The Bertz CT molecular complexity index is 173. The van der Waals surface area contributed by atoms with Gasteiger partial charge in [-0.15, -0.1) is 0 Å². The maximum Gasteiger partial charge on any atom is 0.315 e. The van der Waals surface area contributed by atoms with Crippen LogP contribution in [0.1, 0.15) is 26.7 Å². The highest BCUT2D eigenvalue weighted by atomic mass is 16.5. The van der Waals surface area contributed by atoms with Crippen molar-refractivity contribution >= 4 is 6.03 Å². The Morgan fingerprint density at radius 1 is 1.62 bits per heavy atom. The topological polar surface area (TPSA) is 50.4 Å². The second-order valence-corrected chi connectivity index (χ2v) is 3.37. The minimum atomic E-state index is -0.0794. The van der Waals surface area contributed by atoms with Gasteiger partial charge in [-0.25, -0.2) is 4.79 Å². The van der Waals surface area contributed by atoms with E-state index in [4.69, 9.17) is 4.74 Å². The van der Waals surface area contributed by atoms with Crippen molar-refractivity contribution in [3.05, 3.63) is 0 Å². The van der Waals surface area contributed by atoms with Crippen molar-refractivity contribution in [2.75, 3.05) is 13.2 Å². The molecule has 4 heteroatoms. The molecule has 0 aliphatic carbocycles. The average Bonchev–Trinajstić information content (AvgIpc) is 2.48. The number of rotatable bonds is 3. The molecular formula is C9H18N2O2. The molecule has 13 heavy (non-hydrogen) atoms. The maximum atomic E-state index is 11.2. The van der Waals surface area contributed by atoms with Crippen LogP contribution in [0.3, 0.4) is 0 Å². The van der Waals surface area contributed by atoms with E-state index < -0.39 is 0 Å². The Labute approximate surface area is 79.0 Å². The summed E-state index contributed by atoms with van der Waals surface area (Å²) in [6, 6.07) is 0.0982. The van der Waals surface area contributed by atoms with Gasteiger partial charge in [0.15, 0.2) is 0 Å². The highest BCUT2D eigenvalue weighted by molar-refractivity contribution is 5.74. The molecule has 0 aromatic rings. The fraction of sp³-hybridized carbons (Fsp3) is 0.889. The van der Waals surface area contributed by atoms with Gasteiger partial charge < -0.3 is 15.4 Å². The van der Waals surface area contributed by atoms with Gasteiger partial charge >= 0.3 is 6.03 Å². The van der Waals surface area contributed by atoms with Crippen LogP contribution >= 0.6 is 0 Å². The third-order valence-corrected chi connectivity index (χ3v) is 2.23. The summed E-state index contributed by atoms with van der Waals surface area (Å²) in [6.07, 6.45) is 2.03. The third-order valence-electron chi connectivity index (χ3n) is 2.23. The third kappa shape index (κ3) is 3.22. The van der Waals surface area contributed by atoms with Gasteiger partial charge in [0, 0.05) is 13.2 Å². The van der Waals surface area contributed by atoms with Gasteiger partial charge in [0.2, 0.25) is 0 Å². The molecule has 0 bridgehead atoms. The van der Waals surface area contributed by atoms with Crippen LogP contribution in [0.2, 0.25) is 0 Å². The summed E-state index contributed by atoms with van der Waals surface area (Å²) in [7, 11) is 0. The molecule has 1 saturated heterocycles. The first kappa shape index (κ1) is 10.3. The summed E-state index contributed by atoms with van der Waals surface area (Å²) < 4.78 is 5.33. The number of urea groups is 1. The van der Waals surface area contributed by atoms with E-state index in [0.717, 1.165) is 26.0 Å². The predicted octanol–water partition coefficient (Wildman–Crippen LogP) is 0.873. The van der Waals surface area contributed by atoms with Gasteiger partial charge in [-0.1, -0.05) is 6.92 Å². The van der Waals surface area contributed by atoms with Gasteiger partial charge in [-0.2, -0.15) is 0 Å². The summed E-state index contributed by atoms with van der Waals surface area (Å²) in [5.41, 5.74) is 0. The van der Waals surface area contributed by atoms with Gasteiger partial charge in [-0.3, -0.25) is 0 Å². The van der Waals surface area contributed by atoms with E-state index in [1.807, 2.05) is 13.8 Å². The summed E-state index contributed by atoms with van der Waals surface area (Å²) in [5.74, 6) is 0. The lowest BCUT2D eigenvalue weighted by atomic mass is 10.2. The zero-order valence-electron chi connectivity index (χ0n) is 8.30. The van der Waals surface area contributed by atoms with Crippen LogP contribution in [0.5, 0.6) is 0 Å². The summed E-state index contributed by atoms with van der Waals surface area (Å²) in [5, 5.41) is 5.66. The Kier molecular flexibility index (Phi) is 4.02. The van der Waals surface area contributed by atoms with Gasteiger partial charge in [0.05, 0.1) is 12.1 Å². The van der Waals surface area contributed by atoms with Crippen LogP contribution < -0.4 is 10.6 Å². The first-order chi connectivity index (χ1) is 6.24. The molecule has 1 fully saturated rings. The highest BCUT2D eigenvalue weighted by Crippen LogP contribution is 2.11. The fourth-order valence-electron chi connectivity index (χ4n) is 1.38. The quantitative estimate of drug-likeness (QED) is 0.687. The van der Waals surface area contributed by atoms with Crippen molar-refractivity contribution < 1.29 is 9.53 Å². The van der Waals surface area contributed by atoms with Crippen molar-refractivity contribution in [3.8, 4) is 0 Å². The molecule has 2 atom stereocenters. The summed E-state index contributed by atoms with van der Waals surface area (Å²) in [6.45, 7) is 5.49. The van der Waals surface area contributed by atoms with E-state index in [9.17, 15) is 4.79 Å². The van der Waals surface area contributed by atoms with E-state index in [1.165, 1.54) is 0 Å².